The average molecular weight is 240 g/mol. The van der Waals surface area contributed by atoms with Gasteiger partial charge in [-0.1, -0.05) is 0 Å². The number of hydrogen-bond donors (Lipinski definition) is 0. The smallest absolute Gasteiger partial charge is 0.269 e. The van der Waals surface area contributed by atoms with E-state index in [9.17, 15) is 10.1 Å². The summed E-state index contributed by atoms with van der Waals surface area (Å²) < 4.78 is 4.87. The van der Waals surface area contributed by atoms with E-state index in [2.05, 4.69) is 10.1 Å². The third-order valence-electron chi connectivity index (χ3n) is 2.05. The lowest BCUT2D eigenvalue weighted by Gasteiger charge is -1.99. The van der Waals surface area contributed by atoms with Crippen LogP contribution in [0.2, 0.25) is 5.28 Å². The van der Waals surface area contributed by atoms with E-state index < -0.39 is 4.92 Å². The molecular formula is C9H6ClN3O3. The maximum Gasteiger partial charge on any atom is 0.269 e. The zero-order chi connectivity index (χ0) is 11.7. The molecule has 0 aliphatic carbocycles. The Labute approximate surface area is 95.0 Å². The van der Waals surface area contributed by atoms with Crippen molar-refractivity contribution >= 4 is 17.3 Å². The molecule has 0 saturated carbocycles. The average Bonchev–Trinajstić information content (AvgIpc) is 2.64. The zero-order valence-corrected chi connectivity index (χ0v) is 8.93. The second kappa shape index (κ2) is 3.90. The minimum Gasteiger partial charge on any atom is -0.333 e. The third kappa shape index (κ3) is 1.87. The molecule has 0 radical (unpaired) electrons. The Kier molecular flexibility index (Phi) is 2.57. The molecule has 0 unspecified atom stereocenters. The molecule has 0 N–H and O–H groups in total. The SMILES string of the molecule is Cc1cc([N+](=O)[O-])ccc1-c1nc(Cl)no1. The van der Waals surface area contributed by atoms with Crippen LogP contribution < -0.4 is 0 Å². The highest BCUT2D eigenvalue weighted by atomic mass is 35.5. The summed E-state index contributed by atoms with van der Waals surface area (Å²) in [6.07, 6.45) is 0. The summed E-state index contributed by atoms with van der Waals surface area (Å²) in [5, 5.41) is 14.0. The van der Waals surface area contributed by atoms with Crippen LogP contribution in [0.1, 0.15) is 5.56 Å². The molecule has 0 spiro atoms. The van der Waals surface area contributed by atoms with Crippen LogP contribution in [0.3, 0.4) is 0 Å². The van der Waals surface area contributed by atoms with Gasteiger partial charge in [-0.05, 0) is 35.3 Å². The summed E-state index contributed by atoms with van der Waals surface area (Å²) in [6, 6.07) is 4.37. The second-order valence-electron chi connectivity index (χ2n) is 3.12. The number of rotatable bonds is 2. The third-order valence-corrected chi connectivity index (χ3v) is 2.21. The van der Waals surface area contributed by atoms with Crippen LogP contribution in [-0.2, 0) is 0 Å². The standard InChI is InChI=1S/C9H6ClN3O3/c1-5-4-6(13(14)15)2-3-7(5)8-11-9(10)12-16-8/h2-4H,1H3. The molecule has 2 rings (SSSR count). The molecule has 1 aromatic heterocycles. The minimum absolute atomic E-state index is 0.00718. The number of nitro groups is 1. The summed E-state index contributed by atoms with van der Waals surface area (Å²) >= 11 is 5.52. The van der Waals surface area contributed by atoms with E-state index in [0.717, 1.165) is 0 Å². The molecule has 82 valence electrons. The fourth-order valence-electron chi connectivity index (χ4n) is 1.32. The fraction of sp³-hybridized carbons (Fsp3) is 0.111. The van der Waals surface area contributed by atoms with E-state index in [-0.39, 0.29) is 16.9 Å². The first-order valence-electron chi connectivity index (χ1n) is 4.32. The lowest BCUT2D eigenvalue weighted by Crippen LogP contribution is -1.90. The fourth-order valence-corrected chi connectivity index (χ4v) is 1.43. The Balaban J connectivity index is 2.47. The highest BCUT2D eigenvalue weighted by Crippen LogP contribution is 2.25. The van der Waals surface area contributed by atoms with Gasteiger partial charge in [-0.25, -0.2) is 0 Å². The van der Waals surface area contributed by atoms with Crippen molar-refractivity contribution in [1.29, 1.82) is 0 Å². The minimum atomic E-state index is -0.461. The molecule has 0 aliphatic heterocycles. The van der Waals surface area contributed by atoms with Crippen LogP contribution >= 0.6 is 11.6 Å². The van der Waals surface area contributed by atoms with Crippen LogP contribution in [0.25, 0.3) is 11.5 Å². The quantitative estimate of drug-likeness (QED) is 0.594. The predicted molar refractivity (Wildman–Crippen MR) is 56.1 cm³/mol. The van der Waals surface area contributed by atoms with Crippen molar-refractivity contribution in [3.63, 3.8) is 0 Å². The molecule has 7 heteroatoms. The lowest BCUT2D eigenvalue weighted by atomic mass is 10.1. The number of aryl methyl sites for hydroxylation is 1. The van der Waals surface area contributed by atoms with E-state index >= 15 is 0 Å². The monoisotopic (exact) mass is 239 g/mol. The molecule has 0 saturated heterocycles. The molecule has 6 nitrogen and oxygen atoms in total. The van der Waals surface area contributed by atoms with Gasteiger partial charge >= 0.3 is 0 Å². The first-order valence-corrected chi connectivity index (χ1v) is 4.70. The first kappa shape index (κ1) is 10.6. The summed E-state index contributed by atoms with van der Waals surface area (Å²) in [4.78, 5) is 13.9. The summed E-state index contributed by atoms with van der Waals surface area (Å²) in [7, 11) is 0. The number of aromatic nitrogens is 2. The highest BCUT2D eigenvalue weighted by Gasteiger charge is 2.13. The van der Waals surface area contributed by atoms with Gasteiger partial charge in [-0.15, -0.1) is 0 Å². The van der Waals surface area contributed by atoms with Crippen molar-refractivity contribution in [2.75, 3.05) is 0 Å². The van der Waals surface area contributed by atoms with Gasteiger partial charge in [0, 0.05) is 17.7 Å². The van der Waals surface area contributed by atoms with Gasteiger partial charge in [-0.3, -0.25) is 10.1 Å². The number of benzene rings is 1. The van der Waals surface area contributed by atoms with Gasteiger partial charge < -0.3 is 4.52 Å². The van der Waals surface area contributed by atoms with Gasteiger partial charge in [0.25, 0.3) is 16.9 Å². The topological polar surface area (TPSA) is 82.1 Å². The number of hydrogen-bond acceptors (Lipinski definition) is 5. The number of nitro benzene ring substituents is 1. The van der Waals surface area contributed by atoms with Gasteiger partial charge in [0.15, 0.2) is 0 Å². The Morgan fingerprint density at radius 1 is 1.50 bits per heavy atom. The van der Waals surface area contributed by atoms with E-state index in [1.807, 2.05) is 0 Å². The summed E-state index contributed by atoms with van der Waals surface area (Å²) in [5.74, 6) is 0.248. The van der Waals surface area contributed by atoms with Gasteiger partial charge in [0.05, 0.1) is 4.92 Å². The Hall–Kier alpha value is -1.95. The van der Waals surface area contributed by atoms with Crippen molar-refractivity contribution in [2.24, 2.45) is 0 Å². The second-order valence-corrected chi connectivity index (χ2v) is 3.46. The highest BCUT2D eigenvalue weighted by molar-refractivity contribution is 6.28. The molecule has 1 aromatic carbocycles. The summed E-state index contributed by atoms with van der Waals surface area (Å²) in [5.41, 5.74) is 1.33. The largest absolute Gasteiger partial charge is 0.333 e. The van der Waals surface area contributed by atoms with E-state index in [0.29, 0.717) is 11.1 Å². The number of halogens is 1. The van der Waals surface area contributed by atoms with Crippen LogP contribution in [-0.4, -0.2) is 15.1 Å². The lowest BCUT2D eigenvalue weighted by molar-refractivity contribution is -0.384. The maximum absolute atomic E-state index is 10.5. The Morgan fingerprint density at radius 2 is 2.25 bits per heavy atom. The van der Waals surface area contributed by atoms with Crippen molar-refractivity contribution in [2.45, 2.75) is 6.92 Å². The van der Waals surface area contributed by atoms with E-state index in [1.54, 1.807) is 13.0 Å². The van der Waals surface area contributed by atoms with Crippen molar-refractivity contribution < 1.29 is 9.45 Å². The predicted octanol–water partition coefficient (Wildman–Crippen LogP) is 2.61. The van der Waals surface area contributed by atoms with Crippen molar-refractivity contribution in [3.05, 3.63) is 39.2 Å². The van der Waals surface area contributed by atoms with Crippen molar-refractivity contribution in [3.8, 4) is 11.5 Å². The molecule has 0 fully saturated rings. The molecule has 0 amide bonds. The normalized spacial score (nSPS) is 10.4. The molecule has 16 heavy (non-hydrogen) atoms. The van der Waals surface area contributed by atoms with Crippen LogP contribution in [0.5, 0.6) is 0 Å². The molecule has 1 heterocycles. The van der Waals surface area contributed by atoms with Crippen LogP contribution in [0, 0.1) is 17.0 Å². The van der Waals surface area contributed by atoms with Gasteiger partial charge in [-0.2, -0.15) is 4.98 Å². The first-order chi connectivity index (χ1) is 7.58. The van der Waals surface area contributed by atoms with E-state index in [4.69, 9.17) is 16.1 Å². The van der Waals surface area contributed by atoms with Crippen molar-refractivity contribution in [1.82, 2.24) is 10.1 Å². The van der Waals surface area contributed by atoms with Crippen LogP contribution in [0.4, 0.5) is 5.69 Å². The summed E-state index contributed by atoms with van der Waals surface area (Å²) in [6.45, 7) is 1.72. The van der Waals surface area contributed by atoms with E-state index in [1.165, 1.54) is 12.1 Å². The molecule has 2 aromatic rings. The molecule has 0 bridgehead atoms. The Morgan fingerprint density at radius 3 is 2.75 bits per heavy atom. The number of nitrogens with zero attached hydrogens (tertiary/aromatic N) is 3. The molecular weight excluding hydrogens is 234 g/mol. The zero-order valence-electron chi connectivity index (χ0n) is 8.18. The van der Waals surface area contributed by atoms with Gasteiger partial charge in [0.1, 0.15) is 0 Å². The number of non-ortho nitro benzene ring substituents is 1. The van der Waals surface area contributed by atoms with Gasteiger partial charge in [0.2, 0.25) is 0 Å². The molecule has 0 aliphatic rings. The Bertz CT molecular complexity index is 553. The maximum atomic E-state index is 10.5. The van der Waals surface area contributed by atoms with Crippen LogP contribution in [0.15, 0.2) is 22.7 Å². The molecule has 0 atom stereocenters.